The van der Waals surface area contributed by atoms with E-state index in [1.54, 1.807) is 6.07 Å². The largest absolute Gasteiger partial charge is 0.324 e. The molecule has 1 aliphatic rings. The van der Waals surface area contributed by atoms with Crippen LogP contribution in [0.25, 0.3) is 0 Å². The molecule has 0 aromatic heterocycles. The van der Waals surface area contributed by atoms with Crippen LogP contribution in [-0.4, -0.2) is 0 Å². The fourth-order valence-corrected chi connectivity index (χ4v) is 3.71. The minimum Gasteiger partial charge on any atom is -0.324 e. The molecule has 1 aromatic carbocycles. The highest BCUT2D eigenvalue weighted by molar-refractivity contribution is 9.10. The molecule has 2 rings (SSSR count). The van der Waals surface area contributed by atoms with Gasteiger partial charge in [0.05, 0.1) is 0 Å². The highest BCUT2D eigenvalue weighted by Crippen LogP contribution is 2.39. The number of hydrogen-bond donors (Lipinski definition) is 1. The Morgan fingerprint density at radius 1 is 1.22 bits per heavy atom. The molecule has 1 aliphatic carbocycles. The summed E-state index contributed by atoms with van der Waals surface area (Å²) in [6.45, 7) is 4.54. The normalized spacial score (nSPS) is 30.2. The molecule has 0 bridgehead atoms. The molecule has 2 N–H and O–H groups in total. The van der Waals surface area contributed by atoms with Gasteiger partial charge in [-0.3, -0.25) is 0 Å². The zero-order valence-corrected chi connectivity index (χ0v) is 12.6. The van der Waals surface area contributed by atoms with Crippen molar-refractivity contribution in [2.75, 3.05) is 0 Å². The van der Waals surface area contributed by atoms with Gasteiger partial charge in [-0.1, -0.05) is 29.8 Å². The van der Waals surface area contributed by atoms with Crippen LogP contribution in [0.5, 0.6) is 0 Å². The summed E-state index contributed by atoms with van der Waals surface area (Å²) in [6, 6.07) is 4.85. The summed E-state index contributed by atoms with van der Waals surface area (Å²) in [6.07, 6.45) is 3.49. The second-order valence-corrected chi connectivity index (χ2v) is 6.78. The zero-order chi connectivity index (χ0) is 13.3. The van der Waals surface area contributed by atoms with Gasteiger partial charge in [-0.05, 0) is 55.2 Å². The molecule has 0 aliphatic heterocycles. The molecular formula is C15H21BrFN. The summed E-state index contributed by atoms with van der Waals surface area (Å²) in [4.78, 5) is 0. The number of benzene rings is 1. The standard InChI is InChI=1S/C15H21BrFN/c1-9-5-10(2)7-11(6-9)15(18)13-8-12(16)3-4-14(13)17/h3-4,8-11,15H,5-7,18H2,1-2H3. The monoisotopic (exact) mass is 313 g/mol. The van der Waals surface area contributed by atoms with Crippen LogP contribution >= 0.6 is 15.9 Å². The van der Waals surface area contributed by atoms with Crippen molar-refractivity contribution in [1.29, 1.82) is 0 Å². The van der Waals surface area contributed by atoms with E-state index in [0.717, 1.165) is 17.3 Å². The van der Waals surface area contributed by atoms with E-state index in [4.69, 9.17) is 5.73 Å². The van der Waals surface area contributed by atoms with E-state index in [9.17, 15) is 4.39 Å². The first-order valence-corrected chi connectivity index (χ1v) is 7.47. The van der Waals surface area contributed by atoms with Crippen molar-refractivity contribution in [2.45, 2.75) is 39.2 Å². The van der Waals surface area contributed by atoms with Crippen molar-refractivity contribution >= 4 is 15.9 Å². The predicted octanol–water partition coefficient (Wildman–Crippen LogP) is 4.66. The topological polar surface area (TPSA) is 26.0 Å². The van der Waals surface area contributed by atoms with E-state index in [-0.39, 0.29) is 11.9 Å². The molecule has 0 radical (unpaired) electrons. The third-order valence-electron chi connectivity index (χ3n) is 4.04. The molecular weight excluding hydrogens is 293 g/mol. The molecule has 0 saturated heterocycles. The first kappa shape index (κ1) is 14.0. The average molecular weight is 314 g/mol. The van der Waals surface area contributed by atoms with Gasteiger partial charge in [-0.25, -0.2) is 4.39 Å². The molecule has 1 nitrogen and oxygen atoms in total. The molecule has 0 heterocycles. The number of nitrogens with two attached hydrogens (primary N) is 1. The average Bonchev–Trinajstić information content (AvgIpc) is 2.30. The van der Waals surface area contributed by atoms with Crippen LogP contribution in [-0.2, 0) is 0 Å². The first-order valence-electron chi connectivity index (χ1n) is 6.68. The Morgan fingerprint density at radius 3 is 2.44 bits per heavy atom. The number of halogens is 2. The maximum Gasteiger partial charge on any atom is 0.128 e. The predicted molar refractivity (Wildman–Crippen MR) is 76.7 cm³/mol. The third kappa shape index (κ3) is 3.12. The summed E-state index contributed by atoms with van der Waals surface area (Å²) < 4.78 is 14.8. The van der Waals surface area contributed by atoms with Gasteiger partial charge in [0.15, 0.2) is 0 Å². The molecule has 1 aromatic rings. The first-order chi connectivity index (χ1) is 8.47. The van der Waals surface area contributed by atoms with Gasteiger partial charge < -0.3 is 5.73 Å². The maximum absolute atomic E-state index is 13.9. The smallest absolute Gasteiger partial charge is 0.128 e. The molecule has 0 amide bonds. The van der Waals surface area contributed by atoms with E-state index < -0.39 is 0 Å². The van der Waals surface area contributed by atoms with Crippen LogP contribution in [0.1, 0.15) is 44.7 Å². The summed E-state index contributed by atoms with van der Waals surface area (Å²) in [7, 11) is 0. The van der Waals surface area contributed by atoms with Crippen LogP contribution in [0.15, 0.2) is 22.7 Å². The van der Waals surface area contributed by atoms with Crippen molar-refractivity contribution in [1.82, 2.24) is 0 Å². The van der Waals surface area contributed by atoms with Crippen molar-refractivity contribution in [3.05, 3.63) is 34.1 Å². The summed E-state index contributed by atoms with van der Waals surface area (Å²) >= 11 is 3.39. The van der Waals surface area contributed by atoms with Crippen molar-refractivity contribution < 1.29 is 4.39 Å². The van der Waals surface area contributed by atoms with E-state index in [2.05, 4.69) is 29.8 Å². The lowest BCUT2D eigenvalue weighted by Crippen LogP contribution is -2.29. The number of hydrogen-bond acceptors (Lipinski definition) is 1. The van der Waals surface area contributed by atoms with Crippen LogP contribution in [0, 0.1) is 23.6 Å². The fourth-order valence-electron chi connectivity index (χ4n) is 3.33. The highest BCUT2D eigenvalue weighted by Gasteiger charge is 2.30. The van der Waals surface area contributed by atoms with Gasteiger partial charge in [0.2, 0.25) is 0 Å². The van der Waals surface area contributed by atoms with Crippen LogP contribution in [0.3, 0.4) is 0 Å². The SMILES string of the molecule is CC1CC(C)CC(C(N)c2cc(Br)ccc2F)C1. The van der Waals surface area contributed by atoms with Crippen LogP contribution < -0.4 is 5.73 Å². The van der Waals surface area contributed by atoms with Gasteiger partial charge in [0.25, 0.3) is 0 Å². The van der Waals surface area contributed by atoms with E-state index >= 15 is 0 Å². The van der Waals surface area contributed by atoms with Crippen LogP contribution in [0.4, 0.5) is 4.39 Å². The fraction of sp³-hybridized carbons (Fsp3) is 0.600. The Morgan fingerprint density at radius 2 is 1.83 bits per heavy atom. The lowest BCUT2D eigenvalue weighted by atomic mass is 9.72. The van der Waals surface area contributed by atoms with Crippen molar-refractivity contribution in [2.24, 2.45) is 23.5 Å². The molecule has 100 valence electrons. The second-order valence-electron chi connectivity index (χ2n) is 5.87. The Bertz CT molecular complexity index is 411. The third-order valence-corrected chi connectivity index (χ3v) is 4.53. The summed E-state index contributed by atoms with van der Waals surface area (Å²) in [5.74, 6) is 1.60. The molecule has 3 atom stereocenters. The minimum absolute atomic E-state index is 0.184. The number of rotatable bonds is 2. The lowest BCUT2D eigenvalue weighted by Gasteiger charge is -2.35. The second kappa shape index (κ2) is 5.70. The van der Waals surface area contributed by atoms with E-state index in [0.29, 0.717) is 23.3 Å². The highest BCUT2D eigenvalue weighted by atomic mass is 79.9. The Kier molecular flexibility index (Phi) is 4.44. The molecule has 1 fully saturated rings. The van der Waals surface area contributed by atoms with Gasteiger partial charge in [0.1, 0.15) is 5.82 Å². The van der Waals surface area contributed by atoms with E-state index in [1.165, 1.54) is 12.5 Å². The Balaban J connectivity index is 2.19. The van der Waals surface area contributed by atoms with Crippen LogP contribution in [0.2, 0.25) is 0 Å². The Hall–Kier alpha value is -0.410. The van der Waals surface area contributed by atoms with Gasteiger partial charge in [0, 0.05) is 16.1 Å². The summed E-state index contributed by atoms with van der Waals surface area (Å²) in [5, 5.41) is 0. The maximum atomic E-state index is 13.9. The quantitative estimate of drug-likeness (QED) is 0.844. The molecule has 3 unspecified atom stereocenters. The molecule has 3 heteroatoms. The van der Waals surface area contributed by atoms with Crippen molar-refractivity contribution in [3.63, 3.8) is 0 Å². The Labute approximate surface area is 117 Å². The molecule has 0 spiro atoms. The summed E-state index contributed by atoms with van der Waals surface area (Å²) in [5.41, 5.74) is 6.95. The van der Waals surface area contributed by atoms with E-state index in [1.807, 2.05) is 6.07 Å². The minimum atomic E-state index is -0.187. The molecule has 18 heavy (non-hydrogen) atoms. The zero-order valence-electron chi connectivity index (χ0n) is 11.0. The molecule has 1 saturated carbocycles. The van der Waals surface area contributed by atoms with Crippen molar-refractivity contribution in [3.8, 4) is 0 Å². The lowest BCUT2D eigenvalue weighted by molar-refractivity contribution is 0.192. The van der Waals surface area contributed by atoms with Gasteiger partial charge in [-0.2, -0.15) is 0 Å². The van der Waals surface area contributed by atoms with Gasteiger partial charge >= 0.3 is 0 Å². The van der Waals surface area contributed by atoms with Gasteiger partial charge in [-0.15, -0.1) is 0 Å².